The number of fused-ring (bicyclic) bond motifs is 1. The lowest BCUT2D eigenvalue weighted by molar-refractivity contribution is -0.138. The summed E-state index contributed by atoms with van der Waals surface area (Å²) in [5.41, 5.74) is -0.977. The zero-order valence-corrected chi connectivity index (χ0v) is 18.9. The Morgan fingerprint density at radius 2 is 1.84 bits per heavy atom. The third-order valence-electron chi connectivity index (χ3n) is 4.51. The van der Waals surface area contributed by atoms with Crippen LogP contribution in [-0.2, 0) is 0 Å². The lowest BCUT2D eigenvalue weighted by Crippen LogP contribution is -2.34. The van der Waals surface area contributed by atoms with Crippen LogP contribution in [0.1, 0.15) is 13.3 Å². The van der Waals surface area contributed by atoms with Crippen LogP contribution in [-0.4, -0.2) is 63.1 Å². The highest BCUT2D eigenvalue weighted by Gasteiger charge is 2.37. The van der Waals surface area contributed by atoms with Crippen LogP contribution in [0.3, 0.4) is 0 Å². The van der Waals surface area contributed by atoms with Crippen LogP contribution in [0.25, 0.3) is 16.9 Å². The number of hydrogen-bond donors (Lipinski definition) is 1. The van der Waals surface area contributed by atoms with Crippen molar-refractivity contribution in [3.63, 3.8) is 0 Å². The minimum Gasteiger partial charge on any atom is -0.358 e. The number of thioether (sulfide) groups is 1. The summed E-state index contributed by atoms with van der Waals surface area (Å²) in [6, 6.07) is 0.180. The second-order valence-electron chi connectivity index (χ2n) is 7.27. The maximum absolute atomic E-state index is 15.0. The summed E-state index contributed by atoms with van der Waals surface area (Å²) >= 11 is 7.43. The monoisotopic (exact) mass is 494 g/mol. The number of nitrogens with one attached hydrogen (secondary N) is 1. The minimum absolute atomic E-state index is 0.121. The zero-order valence-electron chi connectivity index (χ0n) is 17.3. The molecule has 0 aliphatic rings. The summed E-state index contributed by atoms with van der Waals surface area (Å²) in [6.07, 6.45) is -2.78. The Balaban J connectivity index is 2.05. The number of halogens is 6. The van der Waals surface area contributed by atoms with Crippen molar-refractivity contribution >= 4 is 35.0 Å². The van der Waals surface area contributed by atoms with E-state index in [4.69, 9.17) is 11.6 Å². The first-order chi connectivity index (χ1) is 15.0. The van der Waals surface area contributed by atoms with Crippen LogP contribution in [0.5, 0.6) is 0 Å². The van der Waals surface area contributed by atoms with Crippen molar-refractivity contribution in [1.82, 2.24) is 24.5 Å². The largest absolute Gasteiger partial charge is 0.408 e. The van der Waals surface area contributed by atoms with Gasteiger partial charge in [0.25, 0.3) is 5.78 Å². The van der Waals surface area contributed by atoms with Crippen molar-refractivity contribution in [3.05, 3.63) is 35.2 Å². The molecule has 0 aliphatic carbocycles. The Morgan fingerprint density at radius 1 is 1.19 bits per heavy atom. The molecule has 0 bridgehead atoms. The molecule has 1 N–H and O–H groups in total. The minimum atomic E-state index is -4.63. The summed E-state index contributed by atoms with van der Waals surface area (Å²) in [5, 5.41) is 5.62. The molecular formula is C19H20ClF5N6S. The first-order valence-electron chi connectivity index (χ1n) is 9.48. The fraction of sp³-hybridized carbons (Fsp3) is 0.421. The van der Waals surface area contributed by atoms with E-state index in [1.54, 1.807) is 0 Å². The Kier molecular flexibility index (Phi) is 7.46. The fourth-order valence-electron chi connectivity index (χ4n) is 2.90. The van der Waals surface area contributed by atoms with Gasteiger partial charge in [-0.1, -0.05) is 11.6 Å². The van der Waals surface area contributed by atoms with E-state index in [1.807, 2.05) is 19.0 Å². The molecule has 32 heavy (non-hydrogen) atoms. The summed E-state index contributed by atoms with van der Waals surface area (Å²) in [7, 11) is 3.85. The highest BCUT2D eigenvalue weighted by atomic mass is 35.5. The van der Waals surface area contributed by atoms with Crippen molar-refractivity contribution in [1.29, 1.82) is 0 Å². The van der Waals surface area contributed by atoms with E-state index in [0.29, 0.717) is 10.6 Å². The molecule has 0 radical (unpaired) electrons. The number of benzene rings is 1. The van der Waals surface area contributed by atoms with Crippen LogP contribution in [0.2, 0.25) is 5.15 Å². The molecule has 3 aromatic rings. The average Bonchev–Trinajstić information content (AvgIpc) is 3.13. The molecule has 13 heteroatoms. The lowest BCUT2D eigenvalue weighted by atomic mass is 10.1. The first-order valence-corrected chi connectivity index (χ1v) is 10.8. The predicted molar refractivity (Wildman–Crippen MR) is 114 cm³/mol. The third kappa shape index (κ3) is 5.41. The Hall–Kier alpha value is -2.18. The van der Waals surface area contributed by atoms with E-state index in [2.05, 4.69) is 20.4 Å². The number of anilines is 1. The van der Waals surface area contributed by atoms with Gasteiger partial charge in [0, 0.05) is 4.90 Å². The van der Waals surface area contributed by atoms with Gasteiger partial charge in [-0.3, -0.25) is 0 Å². The van der Waals surface area contributed by atoms with Gasteiger partial charge in [-0.15, -0.1) is 11.8 Å². The fourth-order valence-corrected chi connectivity index (χ4v) is 4.04. The molecule has 174 valence electrons. The van der Waals surface area contributed by atoms with E-state index in [1.165, 1.54) is 11.8 Å². The second-order valence-corrected chi connectivity index (χ2v) is 8.80. The van der Waals surface area contributed by atoms with Gasteiger partial charge in [0.05, 0.1) is 11.1 Å². The molecule has 2 heterocycles. The van der Waals surface area contributed by atoms with E-state index in [0.717, 1.165) is 42.9 Å². The molecule has 3 rings (SSSR count). The number of alkyl halides is 3. The van der Waals surface area contributed by atoms with Gasteiger partial charge in [0.2, 0.25) is 0 Å². The number of hydrogen-bond acceptors (Lipinski definition) is 6. The number of nitrogens with zero attached hydrogens (tertiary/aromatic N) is 5. The SMILES string of the molecule is C[C@H](Nc1c(-c2c(F)cc(SCCCN(C)C)cc2F)c(Cl)nc2ncnn12)C(F)(F)F. The normalized spacial score (nSPS) is 13.2. The number of aromatic nitrogens is 4. The van der Waals surface area contributed by atoms with Crippen LogP contribution in [0.4, 0.5) is 27.8 Å². The molecule has 0 saturated carbocycles. The quantitative estimate of drug-likeness (QED) is 0.203. The summed E-state index contributed by atoms with van der Waals surface area (Å²) in [4.78, 5) is 10.1. The van der Waals surface area contributed by atoms with Crippen molar-refractivity contribution in [3.8, 4) is 11.1 Å². The molecule has 0 amide bonds. The zero-order chi connectivity index (χ0) is 23.6. The molecule has 0 saturated heterocycles. The Labute approximate surface area is 190 Å². The van der Waals surface area contributed by atoms with Gasteiger partial charge < -0.3 is 10.2 Å². The van der Waals surface area contributed by atoms with Gasteiger partial charge >= 0.3 is 6.18 Å². The third-order valence-corrected chi connectivity index (χ3v) is 5.85. The second kappa shape index (κ2) is 9.75. The lowest BCUT2D eigenvalue weighted by Gasteiger charge is -2.21. The average molecular weight is 495 g/mol. The molecule has 0 unspecified atom stereocenters. The standard InChI is InChI=1S/C19H20ClF5N6S/c1-10(19(23,24)25)28-17-15(16(20)29-18-26-9-27-31(17)18)14-12(21)7-11(8-13(14)22)32-6-4-5-30(2)3/h7-10,28H,4-6H2,1-3H3/t10-/m0/s1. The molecule has 0 fully saturated rings. The van der Waals surface area contributed by atoms with E-state index >= 15 is 8.78 Å². The highest BCUT2D eigenvalue weighted by molar-refractivity contribution is 7.99. The molecule has 1 atom stereocenters. The van der Waals surface area contributed by atoms with Gasteiger partial charge in [-0.25, -0.2) is 8.78 Å². The molecule has 0 spiro atoms. The molecule has 1 aromatic carbocycles. The maximum Gasteiger partial charge on any atom is 0.408 e. The van der Waals surface area contributed by atoms with Crippen LogP contribution in [0, 0.1) is 11.6 Å². The molecule has 2 aromatic heterocycles. The van der Waals surface area contributed by atoms with Crippen LogP contribution in [0.15, 0.2) is 23.4 Å². The van der Waals surface area contributed by atoms with Gasteiger partial charge in [-0.05, 0) is 51.9 Å². The summed E-state index contributed by atoms with van der Waals surface area (Å²) in [5.74, 6) is -1.81. The predicted octanol–water partition coefficient (Wildman–Crippen LogP) is 5.13. The summed E-state index contributed by atoms with van der Waals surface area (Å²) < 4.78 is 70.6. The molecule has 0 aliphatic heterocycles. The van der Waals surface area contributed by atoms with E-state index < -0.39 is 34.6 Å². The Bertz CT molecular complexity index is 1080. The Morgan fingerprint density at radius 3 is 2.44 bits per heavy atom. The van der Waals surface area contributed by atoms with Crippen molar-refractivity contribution in [2.45, 2.75) is 30.5 Å². The van der Waals surface area contributed by atoms with Crippen molar-refractivity contribution in [2.75, 3.05) is 31.7 Å². The maximum atomic E-state index is 15.0. The van der Waals surface area contributed by atoms with Crippen molar-refractivity contribution in [2.24, 2.45) is 0 Å². The highest BCUT2D eigenvalue weighted by Crippen LogP contribution is 2.40. The van der Waals surface area contributed by atoms with Crippen LogP contribution < -0.4 is 5.32 Å². The van der Waals surface area contributed by atoms with Crippen molar-refractivity contribution < 1.29 is 22.0 Å². The summed E-state index contributed by atoms with van der Waals surface area (Å²) in [6.45, 7) is 1.68. The van der Waals surface area contributed by atoms with E-state index in [-0.39, 0.29) is 17.2 Å². The van der Waals surface area contributed by atoms with Gasteiger partial charge in [-0.2, -0.15) is 32.8 Å². The van der Waals surface area contributed by atoms with E-state index in [9.17, 15) is 13.2 Å². The smallest absolute Gasteiger partial charge is 0.358 e. The topological polar surface area (TPSA) is 58.3 Å². The first kappa shape index (κ1) is 24.5. The molecule has 6 nitrogen and oxygen atoms in total. The molecular weight excluding hydrogens is 475 g/mol. The number of rotatable bonds is 8. The van der Waals surface area contributed by atoms with Crippen LogP contribution >= 0.6 is 23.4 Å². The van der Waals surface area contributed by atoms with Gasteiger partial charge in [0.1, 0.15) is 35.0 Å². The van der Waals surface area contributed by atoms with Gasteiger partial charge in [0.15, 0.2) is 0 Å².